The SMILES string of the molecule is OCCn1c(C[NH2+]C(c2ccccc2)c2ccccc2)nc2ccc(Cl)cc21. The smallest absolute Gasteiger partial charge is 0.165 e. The molecule has 142 valence electrons. The molecule has 4 nitrogen and oxygen atoms in total. The van der Waals surface area contributed by atoms with Gasteiger partial charge in [-0.15, -0.1) is 0 Å². The number of quaternary nitrogens is 1. The summed E-state index contributed by atoms with van der Waals surface area (Å²) in [4.78, 5) is 4.79. The van der Waals surface area contributed by atoms with Crippen molar-refractivity contribution in [1.29, 1.82) is 0 Å². The van der Waals surface area contributed by atoms with E-state index < -0.39 is 0 Å². The Bertz CT molecular complexity index is 1010. The van der Waals surface area contributed by atoms with Crippen molar-refractivity contribution in [3.63, 3.8) is 0 Å². The Hall–Kier alpha value is -2.66. The number of benzene rings is 3. The Morgan fingerprint density at radius 1 is 0.929 bits per heavy atom. The van der Waals surface area contributed by atoms with Crippen molar-refractivity contribution in [3.05, 3.63) is 101 Å². The van der Waals surface area contributed by atoms with Gasteiger partial charge in [-0.2, -0.15) is 0 Å². The van der Waals surface area contributed by atoms with Crippen molar-refractivity contribution in [1.82, 2.24) is 9.55 Å². The lowest BCUT2D eigenvalue weighted by molar-refractivity contribution is -0.703. The molecule has 4 rings (SSSR count). The second-order valence-corrected chi connectivity index (χ2v) is 7.21. The molecule has 0 aliphatic heterocycles. The summed E-state index contributed by atoms with van der Waals surface area (Å²) in [6, 6.07) is 26.9. The predicted octanol–water partition coefficient (Wildman–Crippen LogP) is 3.54. The number of hydrogen-bond donors (Lipinski definition) is 2. The van der Waals surface area contributed by atoms with Gasteiger partial charge in [-0.25, -0.2) is 4.98 Å². The first-order chi connectivity index (χ1) is 13.8. The van der Waals surface area contributed by atoms with Gasteiger partial charge < -0.3 is 15.0 Å². The van der Waals surface area contributed by atoms with Crippen LogP contribution in [0.1, 0.15) is 23.0 Å². The van der Waals surface area contributed by atoms with Crippen LogP contribution in [-0.2, 0) is 13.1 Å². The number of imidazole rings is 1. The second kappa shape index (κ2) is 8.57. The molecule has 3 aromatic carbocycles. The van der Waals surface area contributed by atoms with Crippen LogP contribution < -0.4 is 5.32 Å². The van der Waals surface area contributed by atoms with Gasteiger partial charge in [-0.3, -0.25) is 0 Å². The van der Waals surface area contributed by atoms with Gasteiger partial charge in [0.2, 0.25) is 0 Å². The minimum Gasteiger partial charge on any atom is -0.395 e. The fourth-order valence-electron chi connectivity index (χ4n) is 3.66. The van der Waals surface area contributed by atoms with E-state index in [1.807, 2.05) is 30.3 Å². The van der Waals surface area contributed by atoms with Crippen molar-refractivity contribution >= 4 is 22.6 Å². The number of aliphatic hydroxyl groups is 1. The van der Waals surface area contributed by atoms with E-state index in [0.29, 0.717) is 18.1 Å². The third-order valence-corrected chi connectivity index (χ3v) is 5.20. The summed E-state index contributed by atoms with van der Waals surface area (Å²) in [7, 11) is 0. The second-order valence-electron chi connectivity index (χ2n) is 6.78. The zero-order chi connectivity index (χ0) is 19.3. The first kappa shape index (κ1) is 18.7. The molecule has 0 saturated heterocycles. The Morgan fingerprint density at radius 2 is 1.57 bits per heavy atom. The zero-order valence-corrected chi connectivity index (χ0v) is 16.3. The summed E-state index contributed by atoms with van der Waals surface area (Å²) in [6.45, 7) is 1.26. The van der Waals surface area contributed by atoms with Crippen LogP contribution in [0.5, 0.6) is 0 Å². The van der Waals surface area contributed by atoms with Crippen LogP contribution >= 0.6 is 11.6 Å². The number of aliphatic hydroxyl groups excluding tert-OH is 1. The third kappa shape index (κ3) is 3.94. The van der Waals surface area contributed by atoms with Crippen LogP contribution in [0.4, 0.5) is 0 Å². The van der Waals surface area contributed by atoms with Gasteiger partial charge in [0.1, 0.15) is 12.6 Å². The van der Waals surface area contributed by atoms with E-state index in [0.717, 1.165) is 16.9 Å². The van der Waals surface area contributed by atoms with E-state index in [2.05, 4.69) is 58.4 Å². The molecule has 0 saturated carbocycles. The maximum absolute atomic E-state index is 9.53. The average molecular weight is 393 g/mol. The fourth-order valence-corrected chi connectivity index (χ4v) is 3.83. The average Bonchev–Trinajstić information content (AvgIpc) is 3.07. The maximum Gasteiger partial charge on any atom is 0.165 e. The van der Waals surface area contributed by atoms with Crippen LogP contribution in [-0.4, -0.2) is 21.3 Å². The number of aromatic nitrogens is 2. The van der Waals surface area contributed by atoms with Gasteiger partial charge in [0.15, 0.2) is 5.82 Å². The van der Waals surface area contributed by atoms with Gasteiger partial charge in [-0.05, 0) is 18.2 Å². The molecular formula is C23H23ClN3O+. The Morgan fingerprint density at radius 3 is 2.18 bits per heavy atom. The summed E-state index contributed by atoms with van der Waals surface area (Å²) in [5.41, 5.74) is 4.36. The van der Waals surface area contributed by atoms with Crippen LogP contribution in [0.15, 0.2) is 78.9 Å². The third-order valence-electron chi connectivity index (χ3n) is 4.97. The number of halogens is 1. The number of rotatable bonds is 7. The van der Waals surface area contributed by atoms with E-state index in [1.54, 1.807) is 0 Å². The molecule has 0 atom stereocenters. The molecule has 0 aliphatic carbocycles. The van der Waals surface area contributed by atoms with E-state index in [-0.39, 0.29) is 12.6 Å². The normalized spacial score (nSPS) is 11.4. The maximum atomic E-state index is 9.53. The number of nitrogens with zero attached hydrogens (tertiary/aromatic N) is 2. The molecule has 0 bridgehead atoms. The minimum atomic E-state index is 0.0613. The van der Waals surface area contributed by atoms with Crippen molar-refractivity contribution in [2.45, 2.75) is 19.1 Å². The van der Waals surface area contributed by atoms with Crippen LogP contribution in [0.3, 0.4) is 0 Å². The van der Waals surface area contributed by atoms with E-state index >= 15 is 0 Å². The van der Waals surface area contributed by atoms with Crippen LogP contribution in [0.25, 0.3) is 11.0 Å². The Kier molecular flexibility index (Phi) is 5.72. The van der Waals surface area contributed by atoms with Gasteiger partial charge in [0, 0.05) is 22.7 Å². The Balaban J connectivity index is 1.67. The lowest BCUT2D eigenvalue weighted by Gasteiger charge is -2.17. The van der Waals surface area contributed by atoms with Gasteiger partial charge in [0.05, 0.1) is 17.6 Å². The molecule has 1 aromatic heterocycles. The van der Waals surface area contributed by atoms with Gasteiger partial charge in [-0.1, -0.05) is 72.3 Å². The lowest BCUT2D eigenvalue weighted by Crippen LogP contribution is -2.84. The molecule has 0 unspecified atom stereocenters. The summed E-state index contributed by atoms with van der Waals surface area (Å²) in [5, 5.41) is 12.5. The molecule has 0 aliphatic rings. The summed E-state index contributed by atoms with van der Waals surface area (Å²) in [5.74, 6) is 0.933. The standard InChI is InChI=1S/C23H22ClN3O/c24-19-11-12-20-21(15-19)27(13-14-28)22(26-20)16-25-23(17-7-3-1-4-8-17)18-9-5-2-6-10-18/h1-12,15,23,25,28H,13-14,16H2/p+1. The highest BCUT2D eigenvalue weighted by atomic mass is 35.5. The topological polar surface area (TPSA) is 54.7 Å². The summed E-state index contributed by atoms with van der Waals surface area (Å²) >= 11 is 6.18. The van der Waals surface area contributed by atoms with E-state index in [1.165, 1.54) is 11.1 Å². The minimum absolute atomic E-state index is 0.0613. The molecule has 0 amide bonds. The lowest BCUT2D eigenvalue weighted by atomic mass is 9.99. The van der Waals surface area contributed by atoms with E-state index in [4.69, 9.17) is 16.6 Å². The van der Waals surface area contributed by atoms with E-state index in [9.17, 15) is 5.11 Å². The van der Waals surface area contributed by atoms with Gasteiger partial charge in [0.25, 0.3) is 0 Å². The molecule has 3 N–H and O–H groups in total. The van der Waals surface area contributed by atoms with Crippen molar-refractivity contribution in [2.75, 3.05) is 6.61 Å². The van der Waals surface area contributed by atoms with Crippen molar-refractivity contribution < 1.29 is 10.4 Å². The predicted molar refractivity (Wildman–Crippen MR) is 112 cm³/mol. The molecule has 0 spiro atoms. The fraction of sp³-hybridized carbons (Fsp3) is 0.174. The highest BCUT2D eigenvalue weighted by molar-refractivity contribution is 6.31. The summed E-state index contributed by atoms with van der Waals surface area (Å²) < 4.78 is 2.06. The molecular weight excluding hydrogens is 370 g/mol. The highest BCUT2D eigenvalue weighted by Crippen LogP contribution is 2.21. The zero-order valence-electron chi connectivity index (χ0n) is 15.5. The number of nitrogens with two attached hydrogens (primary N) is 1. The Labute approximate surface area is 169 Å². The molecule has 5 heteroatoms. The molecule has 28 heavy (non-hydrogen) atoms. The van der Waals surface area contributed by atoms with Crippen LogP contribution in [0, 0.1) is 0 Å². The largest absolute Gasteiger partial charge is 0.395 e. The summed E-state index contributed by atoms with van der Waals surface area (Å²) in [6.07, 6.45) is 0. The monoisotopic (exact) mass is 392 g/mol. The molecule has 1 heterocycles. The highest BCUT2D eigenvalue weighted by Gasteiger charge is 2.19. The molecule has 0 fully saturated rings. The van der Waals surface area contributed by atoms with Crippen molar-refractivity contribution in [3.8, 4) is 0 Å². The quantitative estimate of drug-likeness (QED) is 0.505. The molecule has 0 radical (unpaired) electrons. The molecule has 4 aromatic rings. The van der Waals surface area contributed by atoms with Crippen molar-refractivity contribution in [2.24, 2.45) is 0 Å². The first-order valence-corrected chi connectivity index (χ1v) is 9.83. The van der Waals surface area contributed by atoms with Crippen LogP contribution in [0.2, 0.25) is 5.02 Å². The number of hydrogen-bond acceptors (Lipinski definition) is 2. The van der Waals surface area contributed by atoms with Gasteiger partial charge >= 0.3 is 0 Å². The number of fused-ring (bicyclic) bond motifs is 1. The first-order valence-electron chi connectivity index (χ1n) is 9.45.